The Bertz CT molecular complexity index is 776. The molecule has 5 nitrogen and oxygen atoms in total. The number of halogens is 1. The lowest BCUT2D eigenvalue weighted by molar-refractivity contribution is -0.141. The van der Waals surface area contributed by atoms with Crippen molar-refractivity contribution in [3.63, 3.8) is 0 Å². The molecule has 0 bridgehead atoms. The van der Waals surface area contributed by atoms with Gasteiger partial charge in [0.05, 0.1) is 13.0 Å². The molecule has 0 aromatic heterocycles. The highest BCUT2D eigenvalue weighted by atomic mass is 19.1. The second-order valence-electron chi connectivity index (χ2n) is 5.73. The molecule has 1 amide bonds. The molecule has 2 aromatic carbocycles. The third-order valence-corrected chi connectivity index (χ3v) is 3.95. The third kappa shape index (κ3) is 4.79. The maximum atomic E-state index is 13.5. The molecule has 0 aliphatic carbocycles. The van der Waals surface area contributed by atoms with Crippen molar-refractivity contribution in [1.29, 1.82) is 0 Å². The molecular weight excluding hydrogens is 325 g/mol. The van der Waals surface area contributed by atoms with E-state index in [0.717, 1.165) is 11.6 Å². The molecule has 0 aliphatic heterocycles. The number of ether oxygens (including phenoxy) is 1. The van der Waals surface area contributed by atoms with E-state index in [0.29, 0.717) is 11.3 Å². The lowest BCUT2D eigenvalue weighted by Crippen LogP contribution is -2.34. The van der Waals surface area contributed by atoms with E-state index >= 15 is 0 Å². The Morgan fingerprint density at radius 1 is 1.24 bits per heavy atom. The van der Waals surface area contributed by atoms with E-state index < -0.39 is 23.6 Å². The molecule has 6 heteroatoms. The Morgan fingerprint density at radius 2 is 1.96 bits per heavy atom. The first-order valence-electron chi connectivity index (χ1n) is 7.81. The van der Waals surface area contributed by atoms with Gasteiger partial charge in [-0.15, -0.1) is 0 Å². The van der Waals surface area contributed by atoms with E-state index in [-0.39, 0.29) is 18.5 Å². The molecule has 1 atom stereocenters. The molecule has 2 N–H and O–H groups in total. The van der Waals surface area contributed by atoms with Crippen molar-refractivity contribution in [2.45, 2.75) is 13.3 Å². The number of nitrogens with one attached hydrogen (secondary N) is 1. The Balaban J connectivity index is 2.05. The quantitative estimate of drug-likeness (QED) is 0.809. The molecule has 0 spiro atoms. The number of methoxy groups -OCH3 is 1. The molecular formula is C19H20FNO4. The Labute approximate surface area is 145 Å². The van der Waals surface area contributed by atoms with Crippen molar-refractivity contribution in [3.05, 3.63) is 65.0 Å². The first kappa shape index (κ1) is 18.4. The topological polar surface area (TPSA) is 75.6 Å². The number of rotatable bonds is 7. The van der Waals surface area contributed by atoms with E-state index in [4.69, 9.17) is 4.74 Å². The minimum atomic E-state index is -1.03. The zero-order valence-corrected chi connectivity index (χ0v) is 14.1. The second-order valence-corrected chi connectivity index (χ2v) is 5.73. The first-order chi connectivity index (χ1) is 11.9. The number of para-hydroxylation sites is 1. The Morgan fingerprint density at radius 3 is 2.60 bits per heavy atom. The largest absolute Gasteiger partial charge is 0.496 e. The van der Waals surface area contributed by atoms with Gasteiger partial charge in [0.1, 0.15) is 11.6 Å². The van der Waals surface area contributed by atoms with Crippen LogP contribution in [0, 0.1) is 18.7 Å². The van der Waals surface area contributed by atoms with Crippen LogP contribution in [0.5, 0.6) is 5.75 Å². The zero-order chi connectivity index (χ0) is 18.4. The summed E-state index contributed by atoms with van der Waals surface area (Å²) in [6.45, 7) is 1.53. The van der Waals surface area contributed by atoms with Gasteiger partial charge in [-0.2, -0.15) is 0 Å². The minimum absolute atomic E-state index is 0.0677. The fraction of sp³-hybridized carbons (Fsp3) is 0.263. The summed E-state index contributed by atoms with van der Waals surface area (Å²) in [5, 5.41) is 12.0. The standard InChI is InChI=1S/C19H20FNO4/c1-12-7-8-14(10-16(12)20)18(22)21-11-15(19(23)24)9-13-5-3-4-6-17(13)25-2/h3-8,10,15H,9,11H2,1-2H3,(H,21,22)(H,23,24). The molecule has 2 aromatic rings. The molecule has 1 unspecified atom stereocenters. The second kappa shape index (κ2) is 8.28. The van der Waals surface area contributed by atoms with Crippen LogP contribution < -0.4 is 10.1 Å². The number of amides is 1. The first-order valence-corrected chi connectivity index (χ1v) is 7.81. The molecule has 0 aliphatic rings. The van der Waals surface area contributed by atoms with Crippen LogP contribution in [0.25, 0.3) is 0 Å². The number of carbonyl (C=O) groups excluding carboxylic acids is 1. The van der Waals surface area contributed by atoms with Crippen molar-refractivity contribution in [3.8, 4) is 5.75 Å². The maximum absolute atomic E-state index is 13.5. The predicted molar refractivity (Wildman–Crippen MR) is 91.3 cm³/mol. The van der Waals surface area contributed by atoms with Gasteiger partial charge in [-0.3, -0.25) is 9.59 Å². The molecule has 0 saturated heterocycles. The Kier molecular flexibility index (Phi) is 6.11. The van der Waals surface area contributed by atoms with Crippen LogP contribution in [-0.2, 0) is 11.2 Å². The minimum Gasteiger partial charge on any atom is -0.496 e. The number of aliphatic carboxylic acids is 1. The van der Waals surface area contributed by atoms with E-state index in [1.807, 2.05) is 0 Å². The number of carbonyl (C=O) groups is 2. The van der Waals surface area contributed by atoms with E-state index in [1.54, 1.807) is 31.2 Å². The van der Waals surface area contributed by atoms with Crippen LogP contribution in [0.3, 0.4) is 0 Å². The predicted octanol–water partition coefficient (Wildman–Crippen LogP) is 2.82. The Hall–Kier alpha value is -2.89. The van der Waals surface area contributed by atoms with Crippen molar-refractivity contribution in [1.82, 2.24) is 5.32 Å². The van der Waals surface area contributed by atoms with E-state index in [9.17, 15) is 19.1 Å². The summed E-state index contributed by atoms with van der Waals surface area (Å²) in [6, 6.07) is 11.3. The van der Waals surface area contributed by atoms with Gasteiger partial charge in [-0.05, 0) is 42.7 Å². The molecule has 0 radical (unpaired) electrons. The highest BCUT2D eigenvalue weighted by molar-refractivity contribution is 5.94. The van der Waals surface area contributed by atoms with E-state index in [2.05, 4.69) is 5.32 Å². The van der Waals surface area contributed by atoms with Gasteiger partial charge in [0, 0.05) is 12.1 Å². The lowest BCUT2D eigenvalue weighted by atomic mass is 9.98. The van der Waals surface area contributed by atoms with Gasteiger partial charge in [0.2, 0.25) is 0 Å². The van der Waals surface area contributed by atoms with Crippen LogP contribution in [0.15, 0.2) is 42.5 Å². The lowest BCUT2D eigenvalue weighted by Gasteiger charge is -2.15. The van der Waals surface area contributed by atoms with Crippen LogP contribution in [0.2, 0.25) is 0 Å². The van der Waals surface area contributed by atoms with Crippen LogP contribution in [0.4, 0.5) is 4.39 Å². The summed E-state index contributed by atoms with van der Waals surface area (Å²) in [4.78, 5) is 23.6. The number of carboxylic acids is 1. The summed E-state index contributed by atoms with van der Waals surface area (Å²) < 4.78 is 18.8. The summed E-state index contributed by atoms with van der Waals surface area (Å²) in [7, 11) is 1.52. The SMILES string of the molecule is COc1ccccc1CC(CNC(=O)c1ccc(C)c(F)c1)C(=O)O. The molecule has 25 heavy (non-hydrogen) atoms. The highest BCUT2D eigenvalue weighted by Crippen LogP contribution is 2.21. The normalized spacial score (nSPS) is 11.6. The van der Waals surface area contributed by atoms with Gasteiger partial charge in [0.15, 0.2) is 0 Å². The summed E-state index contributed by atoms with van der Waals surface area (Å²) in [5.41, 5.74) is 1.34. The van der Waals surface area contributed by atoms with Crippen molar-refractivity contribution >= 4 is 11.9 Å². The number of aryl methyl sites for hydroxylation is 1. The number of benzene rings is 2. The monoisotopic (exact) mass is 345 g/mol. The highest BCUT2D eigenvalue weighted by Gasteiger charge is 2.21. The molecule has 0 heterocycles. The van der Waals surface area contributed by atoms with Gasteiger partial charge in [-0.1, -0.05) is 24.3 Å². The zero-order valence-electron chi connectivity index (χ0n) is 14.1. The molecule has 0 saturated carbocycles. The average molecular weight is 345 g/mol. The number of hydrogen-bond acceptors (Lipinski definition) is 3. The van der Waals surface area contributed by atoms with Gasteiger partial charge >= 0.3 is 5.97 Å². The molecule has 2 rings (SSSR count). The summed E-state index contributed by atoms with van der Waals surface area (Å²) >= 11 is 0. The summed E-state index contributed by atoms with van der Waals surface area (Å²) in [5.74, 6) is -2.24. The van der Waals surface area contributed by atoms with Crippen LogP contribution in [-0.4, -0.2) is 30.6 Å². The maximum Gasteiger partial charge on any atom is 0.308 e. The average Bonchev–Trinajstić information content (AvgIpc) is 2.60. The van der Waals surface area contributed by atoms with Crippen LogP contribution >= 0.6 is 0 Å². The van der Waals surface area contributed by atoms with Crippen molar-refractivity contribution < 1.29 is 23.8 Å². The van der Waals surface area contributed by atoms with Gasteiger partial charge in [0.25, 0.3) is 5.91 Å². The number of carboxylic acid groups (broad SMARTS) is 1. The van der Waals surface area contributed by atoms with Crippen LogP contribution in [0.1, 0.15) is 21.5 Å². The number of hydrogen-bond donors (Lipinski definition) is 2. The summed E-state index contributed by atoms with van der Waals surface area (Å²) in [6.07, 6.45) is 0.210. The smallest absolute Gasteiger partial charge is 0.308 e. The third-order valence-electron chi connectivity index (χ3n) is 3.95. The van der Waals surface area contributed by atoms with E-state index in [1.165, 1.54) is 19.2 Å². The van der Waals surface area contributed by atoms with Gasteiger partial charge < -0.3 is 15.2 Å². The van der Waals surface area contributed by atoms with Gasteiger partial charge in [-0.25, -0.2) is 4.39 Å². The molecule has 132 valence electrons. The van der Waals surface area contributed by atoms with Crippen molar-refractivity contribution in [2.75, 3.05) is 13.7 Å². The fourth-order valence-electron chi connectivity index (χ4n) is 2.44. The fourth-order valence-corrected chi connectivity index (χ4v) is 2.44. The molecule has 0 fully saturated rings. The van der Waals surface area contributed by atoms with Crippen molar-refractivity contribution in [2.24, 2.45) is 5.92 Å².